The van der Waals surface area contributed by atoms with E-state index in [4.69, 9.17) is 8.92 Å². The van der Waals surface area contributed by atoms with Gasteiger partial charge in [0.15, 0.2) is 0 Å². The molecule has 2 fully saturated rings. The molecule has 0 aliphatic carbocycles. The number of hydrogen-bond acceptors (Lipinski definition) is 4. The summed E-state index contributed by atoms with van der Waals surface area (Å²) in [6, 6.07) is 0. The smallest absolute Gasteiger partial charge is 0.273 e. The Morgan fingerprint density at radius 2 is 2.29 bits per heavy atom. The van der Waals surface area contributed by atoms with Crippen LogP contribution in [-0.4, -0.2) is 31.5 Å². The maximum atomic E-state index is 12.1. The molecule has 0 radical (unpaired) electrons. The maximum Gasteiger partial charge on any atom is 0.273 e. The van der Waals surface area contributed by atoms with Gasteiger partial charge in [-0.05, 0) is 31.4 Å². The molecule has 0 unspecified atom stereocenters. The van der Waals surface area contributed by atoms with Crippen molar-refractivity contribution in [1.82, 2.24) is 0 Å². The number of fused-ring (bicyclic) bond motifs is 1. The Balaban J connectivity index is 1.98. The van der Waals surface area contributed by atoms with Crippen LogP contribution < -0.4 is 0 Å². The van der Waals surface area contributed by atoms with E-state index in [0.29, 0.717) is 12.8 Å². The molecule has 0 aromatic carbocycles. The Morgan fingerprint density at radius 1 is 1.53 bits per heavy atom. The van der Waals surface area contributed by atoms with Gasteiger partial charge in [-0.1, -0.05) is 13.3 Å². The van der Waals surface area contributed by atoms with Crippen molar-refractivity contribution in [2.75, 3.05) is 0 Å². The van der Waals surface area contributed by atoms with E-state index in [0.717, 1.165) is 12.8 Å². The van der Waals surface area contributed by atoms with Gasteiger partial charge in [0.2, 0.25) is 0 Å². The Hall–Kier alpha value is -0.390. The molecule has 4 nitrogen and oxygen atoms in total. The second-order valence-corrected chi connectivity index (χ2v) is 7.13. The first-order valence-corrected chi connectivity index (χ1v) is 7.73. The Bertz CT molecular complexity index is 467. The lowest BCUT2D eigenvalue weighted by Gasteiger charge is -2.38. The third-order valence-corrected chi connectivity index (χ3v) is 5.92. The molecule has 2 bridgehead atoms. The maximum absolute atomic E-state index is 12.1. The SMILES string of the molecule is CCC[C@H]1C[C@@]23C=C(C)[C@@H](C[C@@H]2S(=O)(=O)O1)O3. The standard InChI is InChI=1S/C12H18O4S/c1-3-4-9-7-12-6-8(2)10(15-12)5-11(12)17(13,14)16-9/h6,9-11H,3-5,7H2,1-2H3/t9-,10+,11-,12-/m0/s1. The summed E-state index contributed by atoms with van der Waals surface area (Å²) in [6.45, 7) is 4.06. The van der Waals surface area contributed by atoms with E-state index in [9.17, 15) is 8.42 Å². The van der Waals surface area contributed by atoms with E-state index in [2.05, 4.69) is 0 Å². The highest BCUT2D eigenvalue weighted by Crippen LogP contribution is 2.51. The van der Waals surface area contributed by atoms with E-state index in [1.54, 1.807) is 0 Å². The Labute approximate surface area is 102 Å². The molecule has 2 saturated heterocycles. The molecule has 17 heavy (non-hydrogen) atoms. The lowest BCUT2D eigenvalue weighted by atomic mass is 9.85. The minimum Gasteiger partial charge on any atom is -0.362 e. The summed E-state index contributed by atoms with van der Waals surface area (Å²) in [5.74, 6) is 0. The number of ether oxygens (including phenoxy) is 1. The van der Waals surface area contributed by atoms with Gasteiger partial charge in [0.25, 0.3) is 10.1 Å². The van der Waals surface area contributed by atoms with Gasteiger partial charge in [0.1, 0.15) is 10.9 Å². The lowest BCUT2D eigenvalue weighted by Crippen LogP contribution is -2.51. The molecule has 0 saturated carbocycles. The van der Waals surface area contributed by atoms with E-state index >= 15 is 0 Å². The van der Waals surface area contributed by atoms with Crippen LogP contribution >= 0.6 is 0 Å². The Morgan fingerprint density at radius 3 is 2.94 bits per heavy atom. The van der Waals surface area contributed by atoms with E-state index < -0.39 is 21.0 Å². The van der Waals surface area contributed by atoms with Gasteiger partial charge in [0, 0.05) is 6.42 Å². The predicted molar refractivity (Wildman–Crippen MR) is 63.1 cm³/mol. The van der Waals surface area contributed by atoms with Crippen LogP contribution in [0.4, 0.5) is 0 Å². The molecule has 5 heteroatoms. The van der Waals surface area contributed by atoms with E-state index in [-0.39, 0.29) is 12.2 Å². The molecule has 3 heterocycles. The fourth-order valence-corrected chi connectivity index (χ4v) is 5.18. The molecule has 0 aromatic heterocycles. The Kier molecular flexibility index (Phi) is 2.44. The average molecular weight is 258 g/mol. The van der Waals surface area contributed by atoms with Gasteiger partial charge >= 0.3 is 0 Å². The average Bonchev–Trinajstić information content (AvgIpc) is 2.70. The highest BCUT2D eigenvalue weighted by molar-refractivity contribution is 7.87. The van der Waals surface area contributed by atoms with Crippen molar-refractivity contribution in [3.8, 4) is 0 Å². The summed E-state index contributed by atoms with van der Waals surface area (Å²) in [5.41, 5.74) is 0.583. The normalized spacial score (nSPS) is 46.7. The molecule has 0 amide bonds. The van der Waals surface area contributed by atoms with Crippen LogP contribution in [0.1, 0.15) is 39.5 Å². The predicted octanol–water partition coefficient (Wildman–Crippen LogP) is 1.76. The molecule has 4 atom stereocenters. The van der Waals surface area contributed by atoms with Gasteiger partial charge in [-0.25, -0.2) is 0 Å². The number of rotatable bonds is 2. The summed E-state index contributed by atoms with van der Waals surface area (Å²) < 4.78 is 35.4. The summed E-state index contributed by atoms with van der Waals surface area (Å²) in [4.78, 5) is 0. The molecule has 3 aliphatic rings. The topological polar surface area (TPSA) is 52.6 Å². The number of hydrogen-bond donors (Lipinski definition) is 0. The van der Waals surface area contributed by atoms with Gasteiger partial charge in [-0.15, -0.1) is 0 Å². The molecule has 96 valence electrons. The van der Waals surface area contributed by atoms with Gasteiger partial charge in [-0.2, -0.15) is 8.42 Å². The summed E-state index contributed by atoms with van der Waals surface area (Å²) in [5, 5.41) is -0.489. The van der Waals surface area contributed by atoms with Gasteiger partial charge in [-0.3, -0.25) is 4.18 Å². The van der Waals surface area contributed by atoms with Crippen molar-refractivity contribution in [3.63, 3.8) is 0 Å². The van der Waals surface area contributed by atoms with Crippen molar-refractivity contribution in [2.45, 2.75) is 62.6 Å². The largest absolute Gasteiger partial charge is 0.362 e. The first-order valence-electron chi connectivity index (χ1n) is 6.26. The zero-order valence-electron chi connectivity index (χ0n) is 10.2. The third kappa shape index (κ3) is 1.59. The van der Waals surface area contributed by atoms with Crippen LogP contribution in [0.15, 0.2) is 11.6 Å². The highest BCUT2D eigenvalue weighted by Gasteiger charge is 2.61. The molecular formula is C12H18O4S. The molecule has 1 spiro atoms. The highest BCUT2D eigenvalue weighted by atomic mass is 32.2. The van der Waals surface area contributed by atoms with Crippen molar-refractivity contribution >= 4 is 10.1 Å². The molecule has 0 aromatic rings. The molecule has 3 rings (SSSR count). The van der Waals surface area contributed by atoms with Crippen molar-refractivity contribution in [1.29, 1.82) is 0 Å². The van der Waals surface area contributed by atoms with Crippen LogP contribution in [0.3, 0.4) is 0 Å². The molecular weight excluding hydrogens is 240 g/mol. The lowest BCUT2D eigenvalue weighted by molar-refractivity contribution is -0.0153. The van der Waals surface area contributed by atoms with Crippen LogP contribution in [-0.2, 0) is 19.0 Å². The van der Waals surface area contributed by atoms with Crippen molar-refractivity contribution < 1.29 is 17.3 Å². The van der Waals surface area contributed by atoms with Crippen molar-refractivity contribution in [3.05, 3.63) is 11.6 Å². The van der Waals surface area contributed by atoms with Crippen LogP contribution in [0.25, 0.3) is 0 Å². The summed E-state index contributed by atoms with van der Waals surface area (Å²) >= 11 is 0. The molecule has 3 aliphatic heterocycles. The quantitative estimate of drug-likeness (QED) is 0.559. The van der Waals surface area contributed by atoms with Crippen LogP contribution in [0.2, 0.25) is 0 Å². The van der Waals surface area contributed by atoms with Crippen LogP contribution in [0, 0.1) is 0 Å². The van der Waals surface area contributed by atoms with Gasteiger partial charge in [0.05, 0.1) is 12.2 Å². The zero-order valence-corrected chi connectivity index (χ0v) is 11.0. The minimum absolute atomic E-state index is 0.0150. The second kappa shape index (κ2) is 3.56. The fraction of sp³-hybridized carbons (Fsp3) is 0.833. The third-order valence-electron chi connectivity index (χ3n) is 4.09. The molecule has 0 N–H and O–H groups in total. The zero-order chi connectivity index (χ0) is 12.3. The summed E-state index contributed by atoms with van der Waals surface area (Å²) in [7, 11) is -3.46. The van der Waals surface area contributed by atoms with Crippen LogP contribution in [0.5, 0.6) is 0 Å². The monoisotopic (exact) mass is 258 g/mol. The van der Waals surface area contributed by atoms with E-state index in [1.165, 1.54) is 5.57 Å². The first-order chi connectivity index (χ1) is 7.97. The second-order valence-electron chi connectivity index (χ2n) is 5.38. The summed E-state index contributed by atoms with van der Waals surface area (Å²) in [6.07, 6.45) is 4.72. The van der Waals surface area contributed by atoms with Crippen molar-refractivity contribution in [2.24, 2.45) is 0 Å². The van der Waals surface area contributed by atoms with Gasteiger partial charge < -0.3 is 4.74 Å². The van der Waals surface area contributed by atoms with E-state index in [1.807, 2.05) is 19.9 Å². The first kappa shape index (κ1) is 11.7. The fourth-order valence-electron chi connectivity index (χ4n) is 3.39. The minimum atomic E-state index is -3.46.